The van der Waals surface area contributed by atoms with Crippen molar-refractivity contribution in [2.45, 2.75) is 134 Å². The van der Waals surface area contributed by atoms with E-state index in [0.717, 1.165) is 40.6 Å². The van der Waals surface area contributed by atoms with Crippen LogP contribution in [0, 0.1) is 0 Å². The highest BCUT2D eigenvalue weighted by Gasteiger charge is 2.20. The Morgan fingerprint density at radius 3 is 1.69 bits per heavy atom. The van der Waals surface area contributed by atoms with E-state index in [1.54, 1.807) is 38.1 Å². The molecule has 0 atom stereocenters. The van der Waals surface area contributed by atoms with E-state index in [-0.39, 0.29) is 42.9 Å². The molecule has 55 heavy (non-hydrogen) atoms. The van der Waals surface area contributed by atoms with Gasteiger partial charge in [-0.25, -0.2) is 14.6 Å². The van der Waals surface area contributed by atoms with Gasteiger partial charge in [-0.05, 0) is 63.8 Å². The fourth-order valence-electron chi connectivity index (χ4n) is 5.43. The first-order valence-electron chi connectivity index (χ1n) is 18.5. The SMILES string of the molecule is C.C.C.C.CCCCCCC/C=C/c1cc(OC(=O)OCC)c2ccccc2[n+]1O.CCCCCCC/C=C/c1cc(OC(=O)OCC)c2ccccc2n1. The zero-order valence-corrected chi connectivity index (χ0v) is 30.8. The zero-order valence-electron chi connectivity index (χ0n) is 30.8. The number of fused-ring (bicyclic) bond motifs is 2. The Bertz CT molecular complexity index is 1720. The topological polar surface area (TPSA) is 108 Å². The van der Waals surface area contributed by atoms with E-state index in [0.29, 0.717) is 28.1 Å². The monoisotopic (exact) mass is 764 g/mol. The van der Waals surface area contributed by atoms with Crippen LogP contribution in [0.2, 0.25) is 0 Å². The molecular formula is C46H71N2O7+. The third kappa shape index (κ3) is 18.3. The molecule has 0 aliphatic rings. The van der Waals surface area contributed by atoms with Gasteiger partial charge in [-0.2, -0.15) is 0 Å². The van der Waals surface area contributed by atoms with E-state index in [1.165, 1.54) is 57.8 Å². The number of nitrogens with zero attached hydrogens (tertiary/aromatic N) is 2. The van der Waals surface area contributed by atoms with Gasteiger partial charge >= 0.3 is 12.3 Å². The number of hydrogen-bond donors (Lipinski definition) is 1. The number of benzene rings is 2. The summed E-state index contributed by atoms with van der Waals surface area (Å²) in [6.07, 6.45) is 21.0. The summed E-state index contributed by atoms with van der Waals surface area (Å²) in [5.74, 6) is 0.846. The minimum absolute atomic E-state index is 0. The van der Waals surface area contributed by atoms with Crippen LogP contribution in [0.3, 0.4) is 0 Å². The summed E-state index contributed by atoms with van der Waals surface area (Å²) in [5, 5.41) is 11.9. The molecule has 9 nitrogen and oxygen atoms in total. The van der Waals surface area contributed by atoms with Crippen LogP contribution in [0.25, 0.3) is 34.0 Å². The third-order valence-corrected chi connectivity index (χ3v) is 8.06. The lowest BCUT2D eigenvalue weighted by molar-refractivity contribution is -0.885. The highest BCUT2D eigenvalue weighted by atomic mass is 16.7. The van der Waals surface area contributed by atoms with Crippen LogP contribution in [0.1, 0.15) is 146 Å². The summed E-state index contributed by atoms with van der Waals surface area (Å²) < 4.78 is 21.5. The number of allylic oxidation sites excluding steroid dienone is 2. The molecule has 0 bridgehead atoms. The van der Waals surface area contributed by atoms with E-state index >= 15 is 0 Å². The van der Waals surface area contributed by atoms with Crippen molar-refractivity contribution < 1.29 is 38.5 Å². The van der Waals surface area contributed by atoms with Crippen LogP contribution < -0.4 is 14.2 Å². The summed E-state index contributed by atoms with van der Waals surface area (Å²) in [6.45, 7) is 8.43. The molecule has 9 heteroatoms. The van der Waals surface area contributed by atoms with Crippen molar-refractivity contribution in [1.29, 1.82) is 0 Å². The Kier molecular flexibility index (Phi) is 28.9. The Morgan fingerprint density at radius 2 is 1.13 bits per heavy atom. The molecule has 0 spiro atoms. The summed E-state index contributed by atoms with van der Waals surface area (Å²) in [7, 11) is 0. The van der Waals surface area contributed by atoms with Crippen molar-refractivity contribution in [3.8, 4) is 11.5 Å². The van der Waals surface area contributed by atoms with Crippen LogP contribution in [0.15, 0.2) is 72.8 Å². The fourth-order valence-corrected chi connectivity index (χ4v) is 5.43. The molecule has 4 rings (SSSR count). The molecular weight excluding hydrogens is 693 g/mol. The van der Waals surface area contributed by atoms with Crippen LogP contribution in [0.5, 0.6) is 11.5 Å². The predicted octanol–water partition coefficient (Wildman–Crippen LogP) is 14.0. The standard InChI is InChI=1S/C21H28NO4.C21H27NO3.4CH4/c1-3-5-6-7-8-9-10-13-17-16-20(26-21(23)25-4-2)18-14-11-12-15-19(18)22(17)24;1-3-5-6-7-8-9-10-13-17-16-20(25-21(23)24-4-2)18-14-11-12-15-19(18)22-17;;;;/h10-16,24H,3-9H2,1-2H3;10-16H,3-9H2,1-2H3;4*1H4/q+1;;;;;/b2*13-10+;;;;. The molecule has 0 aliphatic carbocycles. The highest BCUT2D eigenvalue weighted by molar-refractivity contribution is 5.88. The lowest BCUT2D eigenvalue weighted by atomic mass is 10.1. The molecule has 0 fully saturated rings. The Morgan fingerprint density at radius 1 is 0.636 bits per heavy atom. The first-order valence-corrected chi connectivity index (χ1v) is 18.5. The molecule has 0 unspecified atom stereocenters. The summed E-state index contributed by atoms with van der Waals surface area (Å²) >= 11 is 0. The maximum absolute atomic E-state index is 11.7. The number of para-hydroxylation sites is 2. The normalized spacial score (nSPS) is 10.3. The van der Waals surface area contributed by atoms with E-state index in [1.807, 2.05) is 54.6 Å². The van der Waals surface area contributed by atoms with Gasteiger partial charge in [-0.15, -0.1) is 0 Å². The van der Waals surface area contributed by atoms with E-state index in [2.05, 4.69) is 24.9 Å². The highest BCUT2D eigenvalue weighted by Crippen LogP contribution is 2.27. The van der Waals surface area contributed by atoms with E-state index in [4.69, 9.17) is 18.9 Å². The number of ether oxygens (including phenoxy) is 4. The lowest BCUT2D eigenvalue weighted by Crippen LogP contribution is -2.34. The second kappa shape index (κ2) is 30.4. The molecule has 2 aromatic heterocycles. The second-order valence-electron chi connectivity index (χ2n) is 12.1. The van der Waals surface area contributed by atoms with Crippen molar-refractivity contribution >= 4 is 46.3 Å². The van der Waals surface area contributed by atoms with Crippen LogP contribution >= 0.6 is 0 Å². The molecule has 0 saturated carbocycles. The van der Waals surface area contributed by atoms with Crippen molar-refractivity contribution in [2.75, 3.05) is 13.2 Å². The lowest BCUT2D eigenvalue weighted by Gasteiger charge is -2.08. The molecule has 2 aromatic carbocycles. The van der Waals surface area contributed by atoms with E-state index in [9.17, 15) is 14.8 Å². The maximum atomic E-state index is 11.7. The number of pyridine rings is 2. The van der Waals surface area contributed by atoms with Crippen molar-refractivity contribution in [2.24, 2.45) is 0 Å². The Hall–Kier alpha value is -4.92. The number of carbonyl (C=O) groups is 2. The molecule has 0 saturated heterocycles. The summed E-state index contributed by atoms with van der Waals surface area (Å²) in [5.41, 5.74) is 2.70. The molecule has 4 aromatic rings. The smallest absolute Gasteiger partial charge is 0.434 e. The average molecular weight is 764 g/mol. The quantitative estimate of drug-likeness (QED) is 0.0462. The van der Waals surface area contributed by atoms with E-state index < -0.39 is 12.3 Å². The molecule has 1 N–H and O–H groups in total. The molecule has 0 radical (unpaired) electrons. The van der Waals surface area contributed by atoms with Crippen LogP contribution in [-0.2, 0) is 9.47 Å². The van der Waals surface area contributed by atoms with Gasteiger partial charge < -0.3 is 18.9 Å². The van der Waals surface area contributed by atoms with Crippen LogP contribution in [-0.4, -0.2) is 35.7 Å². The number of carbonyl (C=O) groups excluding carboxylic acids is 2. The van der Waals surface area contributed by atoms with Gasteiger partial charge in [0.15, 0.2) is 5.75 Å². The maximum Gasteiger partial charge on any atom is 0.513 e. The number of rotatable bonds is 18. The van der Waals surface area contributed by atoms with Crippen LogP contribution in [0.4, 0.5) is 9.59 Å². The van der Waals surface area contributed by atoms with Gasteiger partial charge in [-0.1, -0.05) is 131 Å². The number of aromatic nitrogens is 2. The van der Waals surface area contributed by atoms with Crippen molar-refractivity contribution in [1.82, 2.24) is 4.98 Å². The fraction of sp³-hybridized carbons (Fsp3) is 0.478. The van der Waals surface area contributed by atoms with Gasteiger partial charge in [0.25, 0.3) is 11.2 Å². The third-order valence-electron chi connectivity index (χ3n) is 8.06. The molecule has 2 heterocycles. The van der Waals surface area contributed by atoms with Gasteiger partial charge in [-0.3, -0.25) is 5.21 Å². The minimum Gasteiger partial charge on any atom is -0.434 e. The zero-order chi connectivity index (χ0) is 36.7. The minimum atomic E-state index is -0.751. The molecule has 306 valence electrons. The van der Waals surface area contributed by atoms with Gasteiger partial charge in [0.1, 0.15) is 5.75 Å². The first-order chi connectivity index (χ1) is 24.9. The van der Waals surface area contributed by atoms with Gasteiger partial charge in [0.2, 0.25) is 0 Å². The predicted molar refractivity (Wildman–Crippen MR) is 230 cm³/mol. The average Bonchev–Trinajstić information content (AvgIpc) is 3.13. The summed E-state index contributed by atoms with van der Waals surface area (Å²) in [4.78, 5) is 28.0. The Labute approximate surface area is 332 Å². The van der Waals surface area contributed by atoms with Gasteiger partial charge in [0, 0.05) is 28.3 Å². The number of hydrogen-bond acceptors (Lipinski definition) is 8. The Balaban J connectivity index is 0. The molecule has 0 aliphatic heterocycles. The largest absolute Gasteiger partial charge is 0.513 e. The summed E-state index contributed by atoms with van der Waals surface area (Å²) in [6, 6.07) is 18.3. The first kappa shape index (κ1) is 52.2. The van der Waals surface area contributed by atoms with Gasteiger partial charge in [0.05, 0.1) is 35.9 Å². The second-order valence-corrected chi connectivity index (χ2v) is 12.1. The van der Waals surface area contributed by atoms with Crippen molar-refractivity contribution in [3.05, 3.63) is 84.2 Å². The van der Waals surface area contributed by atoms with Crippen molar-refractivity contribution in [3.63, 3.8) is 0 Å². The number of unbranched alkanes of at least 4 members (excludes halogenated alkanes) is 10. The molecule has 0 amide bonds.